The Labute approximate surface area is 122 Å². The Morgan fingerprint density at radius 2 is 2.05 bits per heavy atom. The topological polar surface area (TPSA) is 62.2 Å². The van der Waals surface area contributed by atoms with Gasteiger partial charge in [0.05, 0.1) is 11.9 Å². The molecule has 0 atom stereocenters. The van der Waals surface area contributed by atoms with Gasteiger partial charge in [0.1, 0.15) is 0 Å². The van der Waals surface area contributed by atoms with Crippen molar-refractivity contribution >= 4 is 28.7 Å². The highest BCUT2D eigenvalue weighted by molar-refractivity contribution is 7.80. The average Bonchev–Trinajstić information content (AvgIpc) is 2.42. The van der Waals surface area contributed by atoms with Crippen LogP contribution in [0.5, 0.6) is 0 Å². The SMILES string of the molecule is CN(NC(=S)Nc1ccccc1)c1cnn(C)c(=O)c1. The third-order valence-corrected chi connectivity index (χ3v) is 2.84. The molecule has 7 heteroatoms. The number of nitrogens with zero attached hydrogens (tertiary/aromatic N) is 3. The molecular formula is C13H15N5OS. The molecule has 2 N–H and O–H groups in total. The number of anilines is 2. The summed E-state index contributed by atoms with van der Waals surface area (Å²) >= 11 is 5.20. The molecule has 0 unspecified atom stereocenters. The Morgan fingerprint density at radius 3 is 2.70 bits per heavy atom. The molecule has 104 valence electrons. The van der Waals surface area contributed by atoms with Crippen molar-refractivity contribution in [2.24, 2.45) is 7.05 Å². The second-order valence-corrected chi connectivity index (χ2v) is 4.57. The van der Waals surface area contributed by atoms with Crippen LogP contribution in [0.1, 0.15) is 0 Å². The molecule has 20 heavy (non-hydrogen) atoms. The van der Waals surface area contributed by atoms with Gasteiger partial charge in [-0.3, -0.25) is 15.2 Å². The number of aryl methyl sites for hydroxylation is 1. The zero-order chi connectivity index (χ0) is 14.5. The van der Waals surface area contributed by atoms with Crippen molar-refractivity contribution in [1.29, 1.82) is 0 Å². The van der Waals surface area contributed by atoms with Crippen LogP contribution in [0.3, 0.4) is 0 Å². The van der Waals surface area contributed by atoms with Gasteiger partial charge in [0.2, 0.25) is 0 Å². The van der Waals surface area contributed by atoms with E-state index in [9.17, 15) is 4.79 Å². The molecule has 2 aromatic rings. The van der Waals surface area contributed by atoms with Crippen LogP contribution in [-0.2, 0) is 7.05 Å². The minimum absolute atomic E-state index is 0.182. The number of rotatable bonds is 3. The van der Waals surface area contributed by atoms with Crippen LogP contribution in [0.25, 0.3) is 0 Å². The lowest BCUT2D eigenvalue weighted by atomic mass is 10.3. The predicted molar refractivity (Wildman–Crippen MR) is 83.7 cm³/mol. The highest BCUT2D eigenvalue weighted by Crippen LogP contribution is 2.06. The van der Waals surface area contributed by atoms with Gasteiger partial charge in [-0.05, 0) is 24.4 Å². The van der Waals surface area contributed by atoms with Gasteiger partial charge in [0, 0.05) is 25.8 Å². The van der Waals surface area contributed by atoms with E-state index in [1.807, 2.05) is 30.3 Å². The number of hydrogen-bond acceptors (Lipinski definition) is 4. The van der Waals surface area contributed by atoms with Gasteiger partial charge >= 0.3 is 0 Å². The summed E-state index contributed by atoms with van der Waals surface area (Å²) < 4.78 is 1.26. The minimum atomic E-state index is -0.182. The zero-order valence-corrected chi connectivity index (χ0v) is 12.0. The Kier molecular flexibility index (Phi) is 4.31. The molecule has 0 aliphatic heterocycles. The van der Waals surface area contributed by atoms with E-state index in [0.29, 0.717) is 10.8 Å². The Morgan fingerprint density at radius 1 is 1.35 bits per heavy atom. The molecule has 2 rings (SSSR count). The number of hydrogen-bond donors (Lipinski definition) is 2. The van der Waals surface area contributed by atoms with E-state index in [-0.39, 0.29) is 5.56 Å². The number of para-hydroxylation sites is 1. The van der Waals surface area contributed by atoms with E-state index in [4.69, 9.17) is 12.2 Å². The van der Waals surface area contributed by atoms with Crippen LogP contribution in [0.15, 0.2) is 47.4 Å². The van der Waals surface area contributed by atoms with Crippen molar-refractivity contribution < 1.29 is 0 Å². The van der Waals surface area contributed by atoms with Gasteiger partial charge in [-0.2, -0.15) is 5.10 Å². The molecule has 1 heterocycles. The minimum Gasteiger partial charge on any atom is -0.331 e. The molecule has 0 aliphatic carbocycles. The summed E-state index contributed by atoms with van der Waals surface area (Å²) in [5.74, 6) is 0. The van der Waals surface area contributed by atoms with Crippen LogP contribution in [0.2, 0.25) is 0 Å². The Bertz CT molecular complexity index is 655. The summed E-state index contributed by atoms with van der Waals surface area (Å²) in [6.07, 6.45) is 1.58. The third-order valence-electron chi connectivity index (χ3n) is 2.64. The number of hydrazine groups is 1. The van der Waals surface area contributed by atoms with Crippen molar-refractivity contribution in [2.75, 3.05) is 17.4 Å². The fourth-order valence-corrected chi connectivity index (χ4v) is 1.80. The van der Waals surface area contributed by atoms with Crippen molar-refractivity contribution in [2.45, 2.75) is 0 Å². The molecule has 0 fully saturated rings. The van der Waals surface area contributed by atoms with Crippen molar-refractivity contribution in [3.63, 3.8) is 0 Å². The highest BCUT2D eigenvalue weighted by Gasteiger charge is 2.05. The number of aromatic nitrogens is 2. The molecule has 0 spiro atoms. The van der Waals surface area contributed by atoms with Gasteiger partial charge in [0.15, 0.2) is 5.11 Å². The maximum Gasteiger partial charge on any atom is 0.268 e. The van der Waals surface area contributed by atoms with Gasteiger partial charge in [0.25, 0.3) is 5.56 Å². The van der Waals surface area contributed by atoms with Crippen molar-refractivity contribution in [3.8, 4) is 0 Å². The number of thiocarbonyl (C=S) groups is 1. The van der Waals surface area contributed by atoms with Gasteiger partial charge in [-0.25, -0.2) is 4.68 Å². The fourth-order valence-electron chi connectivity index (χ4n) is 1.54. The van der Waals surface area contributed by atoms with Crippen LogP contribution in [0, 0.1) is 0 Å². The monoisotopic (exact) mass is 289 g/mol. The van der Waals surface area contributed by atoms with Gasteiger partial charge < -0.3 is 5.32 Å². The molecule has 0 bridgehead atoms. The molecule has 0 aliphatic rings. The first-order valence-electron chi connectivity index (χ1n) is 5.96. The van der Waals surface area contributed by atoms with Crippen molar-refractivity contribution in [3.05, 3.63) is 52.9 Å². The second-order valence-electron chi connectivity index (χ2n) is 4.17. The molecule has 0 amide bonds. The predicted octanol–water partition coefficient (Wildman–Crippen LogP) is 1.12. The highest BCUT2D eigenvalue weighted by atomic mass is 32.1. The molecule has 1 aromatic heterocycles. The van der Waals surface area contributed by atoms with Gasteiger partial charge in [-0.1, -0.05) is 18.2 Å². The van der Waals surface area contributed by atoms with Crippen LogP contribution >= 0.6 is 12.2 Å². The molecule has 1 aromatic carbocycles. The molecule has 6 nitrogen and oxygen atoms in total. The Balaban J connectivity index is 2.00. The third kappa shape index (κ3) is 3.55. The van der Waals surface area contributed by atoms with E-state index in [2.05, 4.69) is 15.8 Å². The van der Waals surface area contributed by atoms with E-state index < -0.39 is 0 Å². The quantitative estimate of drug-likeness (QED) is 0.652. The Hall–Kier alpha value is -2.41. The maximum absolute atomic E-state index is 11.5. The van der Waals surface area contributed by atoms with E-state index >= 15 is 0 Å². The second kappa shape index (κ2) is 6.16. The number of nitrogens with one attached hydrogen (secondary N) is 2. The average molecular weight is 289 g/mol. The first-order chi connectivity index (χ1) is 9.56. The maximum atomic E-state index is 11.5. The summed E-state index contributed by atoms with van der Waals surface area (Å²) in [4.78, 5) is 11.5. The standard InChI is InChI=1S/C13H15N5OS/c1-17(11-8-12(19)18(2)14-9-11)16-13(20)15-10-6-4-3-5-7-10/h3-9H,1-2H3,(H2,15,16,20). The summed E-state index contributed by atoms with van der Waals surface area (Å²) in [7, 11) is 3.36. The summed E-state index contributed by atoms with van der Waals surface area (Å²) in [5, 5.41) is 9.05. The molecule has 0 saturated carbocycles. The van der Waals surface area contributed by atoms with Crippen LogP contribution < -0.4 is 21.3 Å². The van der Waals surface area contributed by atoms with Crippen LogP contribution in [0.4, 0.5) is 11.4 Å². The lowest BCUT2D eigenvalue weighted by Crippen LogP contribution is -2.42. The fraction of sp³-hybridized carbons (Fsp3) is 0.154. The first-order valence-corrected chi connectivity index (χ1v) is 6.37. The number of benzene rings is 1. The van der Waals surface area contributed by atoms with Crippen LogP contribution in [-0.4, -0.2) is 21.9 Å². The largest absolute Gasteiger partial charge is 0.331 e. The summed E-state index contributed by atoms with van der Waals surface area (Å²) in [6.45, 7) is 0. The van der Waals surface area contributed by atoms with Crippen molar-refractivity contribution in [1.82, 2.24) is 15.2 Å². The normalized spacial score (nSPS) is 9.90. The summed E-state index contributed by atoms with van der Waals surface area (Å²) in [6, 6.07) is 11.1. The van der Waals surface area contributed by atoms with E-state index in [1.54, 1.807) is 25.3 Å². The first kappa shape index (κ1) is 14.0. The lowest BCUT2D eigenvalue weighted by Gasteiger charge is -2.22. The lowest BCUT2D eigenvalue weighted by molar-refractivity contribution is 0.701. The molecule has 0 radical (unpaired) electrons. The smallest absolute Gasteiger partial charge is 0.268 e. The summed E-state index contributed by atoms with van der Waals surface area (Å²) in [5.41, 5.74) is 4.29. The molecule has 0 saturated heterocycles. The zero-order valence-electron chi connectivity index (χ0n) is 11.2. The van der Waals surface area contributed by atoms with E-state index in [0.717, 1.165) is 5.69 Å². The van der Waals surface area contributed by atoms with E-state index in [1.165, 1.54) is 10.7 Å². The molecular weight excluding hydrogens is 274 g/mol. The van der Waals surface area contributed by atoms with Gasteiger partial charge in [-0.15, -0.1) is 0 Å².